The fourth-order valence-electron chi connectivity index (χ4n) is 5.22. The van der Waals surface area contributed by atoms with Crippen LogP contribution in [0.25, 0.3) is 0 Å². The number of hydrogen-bond acceptors (Lipinski definition) is 4. The largest absolute Gasteiger partial charge is 0.497 e. The maximum Gasteiger partial charge on any atom is 0.244 e. The summed E-state index contributed by atoms with van der Waals surface area (Å²) in [4.78, 5) is 41.7. The number of ether oxygens (including phenoxy) is 1. The zero-order valence-electron chi connectivity index (χ0n) is 17.7. The van der Waals surface area contributed by atoms with Crippen molar-refractivity contribution in [3.05, 3.63) is 24.3 Å². The fraction of sp³-hybridized carbons (Fsp3) is 0.609. The van der Waals surface area contributed by atoms with E-state index in [1.807, 2.05) is 29.2 Å². The Balaban J connectivity index is 1.43. The monoisotopic (exact) mass is 413 g/mol. The second-order valence-corrected chi connectivity index (χ2v) is 8.62. The Morgan fingerprint density at radius 3 is 2.50 bits per heavy atom. The number of anilines is 1. The summed E-state index contributed by atoms with van der Waals surface area (Å²) in [6.45, 7) is 2.01. The third-order valence-corrected chi connectivity index (χ3v) is 6.85. The molecule has 7 heteroatoms. The summed E-state index contributed by atoms with van der Waals surface area (Å²) in [6, 6.07) is 6.84. The molecule has 1 aliphatic carbocycles. The predicted octanol–water partition coefficient (Wildman–Crippen LogP) is 2.49. The number of rotatable bonds is 7. The van der Waals surface area contributed by atoms with Gasteiger partial charge < -0.3 is 15.0 Å². The third-order valence-electron chi connectivity index (χ3n) is 6.85. The summed E-state index contributed by atoms with van der Waals surface area (Å²) in [5, 5.41) is 3.04. The van der Waals surface area contributed by atoms with E-state index in [1.165, 1.54) is 0 Å². The molecule has 0 aromatic heterocycles. The lowest BCUT2D eigenvalue weighted by Gasteiger charge is -2.56. The van der Waals surface area contributed by atoms with E-state index in [9.17, 15) is 14.4 Å². The third kappa shape index (κ3) is 3.66. The van der Waals surface area contributed by atoms with Gasteiger partial charge in [-0.3, -0.25) is 19.3 Å². The van der Waals surface area contributed by atoms with Crippen LogP contribution in [0.3, 0.4) is 0 Å². The highest BCUT2D eigenvalue weighted by molar-refractivity contribution is 6.14. The van der Waals surface area contributed by atoms with Gasteiger partial charge in [0.25, 0.3) is 0 Å². The molecule has 3 amide bonds. The fourth-order valence-corrected chi connectivity index (χ4v) is 5.22. The molecule has 1 spiro atoms. The Bertz CT molecular complexity index is 801. The Kier molecular flexibility index (Phi) is 5.97. The van der Waals surface area contributed by atoms with Crippen molar-refractivity contribution < 1.29 is 19.1 Å². The van der Waals surface area contributed by atoms with E-state index in [-0.39, 0.29) is 17.7 Å². The quantitative estimate of drug-likeness (QED) is 0.550. The second-order valence-electron chi connectivity index (χ2n) is 8.62. The standard InChI is InChI=1S/C23H31N3O4/c1-30-18-10-8-17(9-11-18)26-20(23(22(26)29)12-3-2-4-13-23)21(28)24-14-6-16-25-15-5-7-19(25)27/h8-11,20H,2-7,12-16H2,1H3,(H,24,28). The SMILES string of the molecule is COc1ccc(N2C(=O)C3(CCCCC3)C2C(=O)NCCCN2CCCC2=O)cc1. The van der Waals surface area contributed by atoms with Crippen molar-refractivity contribution in [3.8, 4) is 5.75 Å². The number of methoxy groups -OCH3 is 1. The number of carbonyl (C=O) groups excluding carboxylic acids is 3. The molecular formula is C23H31N3O4. The van der Waals surface area contributed by atoms with Gasteiger partial charge in [0.2, 0.25) is 17.7 Å². The lowest BCUT2D eigenvalue weighted by atomic mass is 9.61. The van der Waals surface area contributed by atoms with E-state index in [0.29, 0.717) is 19.5 Å². The van der Waals surface area contributed by atoms with Crippen molar-refractivity contribution in [1.82, 2.24) is 10.2 Å². The van der Waals surface area contributed by atoms with Crippen molar-refractivity contribution in [2.45, 2.75) is 57.4 Å². The lowest BCUT2D eigenvalue weighted by molar-refractivity contribution is -0.150. The summed E-state index contributed by atoms with van der Waals surface area (Å²) < 4.78 is 5.22. The van der Waals surface area contributed by atoms with Gasteiger partial charge in [0, 0.05) is 31.7 Å². The van der Waals surface area contributed by atoms with Gasteiger partial charge in [0.15, 0.2) is 0 Å². The molecule has 1 aromatic carbocycles. The summed E-state index contributed by atoms with van der Waals surface area (Å²) in [7, 11) is 1.60. The molecule has 1 aromatic rings. The molecule has 0 bridgehead atoms. The van der Waals surface area contributed by atoms with Crippen LogP contribution in [0.4, 0.5) is 5.69 Å². The molecule has 2 aliphatic heterocycles. The van der Waals surface area contributed by atoms with Crippen LogP contribution in [0.15, 0.2) is 24.3 Å². The number of carbonyl (C=O) groups is 3. The maximum atomic E-state index is 13.2. The Morgan fingerprint density at radius 2 is 1.87 bits per heavy atom. The average Bonchev–Trinajstić information content (AvgIpc) is 3.19. The molecule has 1 unspecified atom stereocenters. The van der Waals surface area contributed by atoms with Crippen LogP contribution >= 0.6 is 0 Å². The maximum absolute atomic E-state index is 13.2. The van der Waals surface area contributed by atoms with Crippen LogP contribution in [0.2, 0.25) is 0 Å². The molecule has 1 atom stereocenters. The van der Waals surface area contributed by atoms with Crippen molar-refractivity contribution >= 4 is 23.4 Å². The van der Waals surface area contributed by atoms with Gasteiger partial charge in [-0.1, -0.05) is 19.3 Å². The first-order valence-corrected chi connectivity index (χ1v) is 11.1. The molecule has 1 N–H and O–H groups in total. The van der Waals surface area contributed by atoms with Crippen molar-refractivity contribution in [2.24, 2.45) is 5.41 Å². The number of benzene rings is 1. The number of nitrogens with one attached hydrogen (secondary N) is 1. The van der Waals surface area contributed by atoms with Crippen LogP contribution in [0.1, 0.15) is 51.4 Å². The predicted molar refractivity (Wildman–Crippen MR) is 113 cm³/mol. The normalized spacial score (nSPS) is 22.9. The number of amides is 3. The summed E-state index contributed by atoms with van der Waals surface area (Å²) in [6.07, 6.45) is 6.94. The van der Waals surface area contributed by atoms with Gasteiger partial charge in [-0.25, -0.2) is 0 Å². The van der Waals surface area contributed by atoms with E-state index in [4.69, 9.17) is 4.74 Å². The number of β-lactam (4-membered cyclic amide) rings is 1. The van der Waals surface area contributed by atoms with Crippen LogP contribution in [-0.2, 0) is 14.4 Å². The minimum atomic E-state index is -0.562. The second kappa shape index (κ2) is 8.66. The molecule has 3 aliphatic rings. The summed E-state index contributed by atoms with van der Waals surface area (Å²) in [5.41, 5.74) is 0.174. The molecule has 2 saturated heterocycles. The van der Waals surface area contributed by atoms with Crippen LogP contribution in [0, 0.1) is 5.41 Å². The highest BCUT2D eigenvalue weighted by Gasteiger charge is 2.63. The van der Waals surface area contributed by atoms with E-state index in [1.54, 1.807) is 12.0 Å². The molecule has 1 saturated carbocycles. The lowest BCUT2D eigenvalue weighted by Crippen LogP contribution is -2.74. The van der Waals surface area contributed by atoms with Crippen LogP contribution in [0.5, 0.6) is 5.75 Å². The summed E-state index contributed by atoms with van der Waals surface area (Å²) in [5.74, 6) is 0.907. The minimum Gasteiger partial charge on any atom is -0.497 e. The number of likely N-dealkylation sites (tertiary alicyclic amines) is 1. The Hall–Kier alpha value is -2.57. The van der Waals surface area contributed by atoms with Crippen molar-refractivity contribution in [1.29, 1.82) is 0 Å². The van der Waals surface area contributed by atoms with Gasteiger partial charge in [-0.05, 0) is 49.9 Å². The first kappa shape index (κ1) is 20.7. The van der Waals surface area contributed by atoms with Crippen LogP contribution in [-0.4, -0.2) is 55.4 Å². The minimum absolute atomic E-state index is 0.0650. The van der Waals surface area contributed by atoms with E-state index in [0.717, 1.165) is 62.9 Å². The van der Waals surface area contributed by atoms with E-state index in [2.05, 4.69) is 5.32 Å². The van der Waals surface area contributed by atoms with E-state index < -0.39 is 11.5 Å². The molecule has 7 nitrogen and oxygen atoms in total. The zero-order chi connectivity index (χ0) is 21.1. The van der Waals surface area contributed by atoms with E-state index >= 15 is 0 Å². The molecular weight excluding hydrogens is 382 g/mol. The zero-order valence-corrected chi connectivity index (χ0v) is 17.7. The average molecular weight is 414 g/mol. The van der Waals surface area contributed by atoms with Gasteiger partial charge in [0.05, 0.1) is 12.5 Å². The van der Waals surface area contributed by atoms with Crippen molar-refractivity contribution in [3.63, 3.8) is 0 Å². The smallest absolute Gasteiger partial charge is 0.244 e. The van der Waals surface area contributed by atoms with Gasteiger partial charge in [0.1, 0.15) is 11.8 Å². The molecule has 162 valence electrons. The first-order valence-electron chi connectivity index (χ1n) is 11.1. The molecule has 0 radical (unpaired) electrons. The summed E-state index contributed by atoms with van der Waals surface area (Å²) >= 11 is 0. The van der Waals surface area contributed by atoms with Gasteiger partial charge in [-0.15, -0.1) is 0 Å². The molecule has 4 rings (SSSR count). The number of hydrogen-bond donors (Lipinski definition) is 1. The van der Waals surface area contributed by atoms with Gasteiger partial charge >= 0.3 is 0 Å². The first-order chi connectivity index (χ1) is 14.6. The van der Waals surface area contributed by atoms with Crippen molar-refractivity contribution in [2.75, 3.05) is 31.6 Å². The van der Waals surface area contributed by atoms with Gasteiger partial charge in [-0.2, -0.15) is 0 Å². The Labute approximate surface area is 177 Å². The topological polar surface area (TPSA) is 79.0 Å². The molecule has 30 heavy (non-hydrogen) atoms. The number of nitrogens with zero attached hydrogens (tertiary/aromatic N) is 2. The highest BCUT2D eigenvalue weighted by Crippen LogP contribution is 2.51. The molecule has 3 fully saturated rings. The highest BCUT2D eigenvalue weighted by atomic mass is 16.5. The van der Waals surface area contributed by atoms with Crippen LogP contribution < -0.4 is 15.0 Å². The Morgan fingerprint density at radius 1 is 1.13 bits per heavy atom. The molecule has 2 heterocycles.